The lowest BCUT2D eigenvalue weighted by molar-refractivity contribution is -0.142. The average molecular weight is 459 g/mol. The molecule has 1 amide bonds. The van der Waals surface area contributed by atoms with Gasteiger partial charge in [-0.15, -0.1) is 0 Å². The molecule has 1 N–H and O–H groups in total. The summed E-state index contributed by atoms with van der Waals surface area (Å²) < 4.78 is 65.8. The second kappa shape index (κ2) is 7.39. The van der Waals surface area contributed by atoms with Crippen LogP contribution in [0.2, 0.25) is 0 Å². The van der Waals surface area contributed by atoms with E-state index in [-0.39, 0.29) is 30.5 Å². The number of aromatic nitrogens is 2. The second-order valence-corrected chi connectivity index (χ2v) is 11.2. The maximum atomic E-state index is 13.1. The summed E-state index contributed by atoms with van der Waals surface area (Å²) in [6.07, 6.45) is -1.86. The summed E-state index contributed by atoms with van der Waals surface area (Å²) >= 11 is 0. The van der Waals surface area contributed by atoms with E-state index in [1.807, 2.05) is 6.07 Å². The standard InChI is InChI=1S/C19H24F3N5O3S/c1-12-6-16(27(25-12)11-19(20,21)22)26-8-14(31(29,30)9-13-2-3-13)7-15(26)17(28)24-18(10-23)4-5-18/h6,13-15H,2-5,7-9,11H2,1H3,(H,24,28)/t14-,15+/m1/s1. The Morgan fingerprint density at radius 1 is 1.39 bits per heavy atom. The van der Waals surface area contributed by atoms with Crippen LogP contribution in [-0.2, 0) is 21.2 Å². The van der Waals surface area contributed by atoms with Crippen molar-refractivity contribution < 1.29 is 26.4 Å². The molecule has 2 aliphatic carbocycles. The number of nitrogens with one attached hydrogen (secondary N) is 1. The summed E-state index contributed by atoms with van der Waals surface area (Å²) in [4.78, 5) is 14.4. The zero-order valence-electron chi connectivity index (χ0n) is 17.0. The predicted octanol–water partition coefficient (Wildman–Crippen LogP) is 1.70. The van der Waals surface area contributed by atoms with Gasteiger partial charge in [0.1, 0.15) is 23.9 Å². The van der Waals surface area contributed by atoms with Gasteiger partial charge in [-0.05, 0) is 44.9 Å². The highest BCUT2D eigenvalue weighted by Gasteiger charge is 2.50. The Labute approximate surface area is 178 Å². The molecule has 0 bridgehead atoms. The molecule has 1 aliphatic heterocycles. The van der Waals surface area contributed by atoms with Crippen LogP contribution in [0.5, 0.6) is 0 Å². The monoisotopic (exact) mass is 459 g/mol. The highest BCUT2D eigenvalue weighted by Crippen LogP contribution is 2.38. The average Bonchev–Trinajstić information content (AvgIpc) is 3.53. The van der Waals surface area contributed by atoms with Crippen molar-refractivity contribution in [2.75, 3.05) is 17.2 Å². The third-order valence-electron chi connectivity index (χ3n) is 6.07. The van der Waals surface area contributed by atoms with Gasteiger partial charge in [-0.1, -0.05) is 0 Å². The van der Waals surface area contributed by atoms with Crippen molar-refractivity contribution in [3.05, 3.63) is 11.8 Å². The molecule has 1 aromatic heterocycles. The van der Waals surface area contributed by atoms with Crippen molar-refractivity contribution in [2.24, 2.45) is 5.92 Å². The van der Waals surface area contributed by atoms with E-state index in [9.17, 15) is 31.6 Å². The maximum Gasteiger partial charge on any atom is 0.408 e. The Kier molecular flexibility index (Phi) is 5.23. The molecule has 2 atom stereocenters. The van der Waals surface area contributed by atoms with Gasteiger partial charge in [0.2, 0.25) is 5.91 Å². The van der Waals surface area contributed by atoms with Gasteiger partial charge in [-0.25, -0.2) is 13.1 Å². The zero-order valence-corrected chi connectivity index (χ0v) is 17.8. The molecule has 0 radical (unpaired) electrons. The molecule has 3 aliphatic rings. The van der Waals surface area contributed by atoms with Crippen LogP contribution in [0.25, 0.3) is 0 Å². The van der Waals surface area contributed by atoms with E-state index in [0.717, 1.165) is 17.5 Å². The van der Waals surface area contributed by atoms with Crippen molar-refractivity contribution in [1.82, 2.24) is 15.1 Å². The number of nitrogens with zero attached hydrogens (tertiary/aromatic N) is 4. The van der Waals surface area contributed by atoms with Crippen LogP contribution in [0.4, 0.5) is 19.0 Å². The quantitative estimate of drug-likeness (QED) is 0.665. The number of hydrogen-bond donors (Lipinski definition) is 1. The Balaban J connectivity index is 1.64. The fourth-order valence-corrected chi connectivity index (χ4v) is 6.19. The first-order chi connectivity index (χ1) is 14.4. The smallest absolute Gasteiger partial charge is 0.343 e. The summed E-state index contributed by atoms with van der Waals surface area (Å²) in [5.41, 5.74) is -0.631. The van der Waals surface area contributed by atoms with Crippen LogP contribution < -0.4 is 10.2 Å². The Bertz CT molecular complexity index is 1020. The van der Waals surface area contributed by atoms with Gasteiger partial charge in [-0.2, -0.15) is 23.5 Å². The van der Waals surface area contributed by atoms with E-state index in [1.165, 1.54) is 17.9 Å². The Morgan fingerprint density at radius 2 is 2.06 bits per heavy atom. The van der Waals surface area contributed by atoms with Crippen LogP contribution in [0, 0.1) is 24.2 Å². The van der Waals surface area contributed by atoms with Gasteiger partial charge in [0.25, 0.3) is 0 Å². The first kappa shape index (κ1) is 21.9. The van der Waals surface area contributed by atoms with Crippen LogP contribution >= 0.6 is 0 Å². The number of amides is 1. The molecule has 4 rings (SSSR count). The highest BCUT2D eigenvalue weighted by atomic mass is 32.2. The van der Waals surface area contributed by atoms with Gasteiger partial charge in [0.15, 0.2) is 9.84 Å². The summed E-state index contributed by atoms with van der Waals surface area (Å²) in [6, 6.07) is 2.49. The summed E-state index contributed by atoms with van der Waals surface area (Å²) in [6.45, 7) is 0.107. The minimum Gasteiger partial charge on any atom is -0.343 e. The molecule has 8 nitrogen and oxygen atoms in total. The second-order valence-electron chi connectivity index (χ2n) is 8.90. The SMILES string of the molecule is Cc1cc(N2C[C@H](S(=O)(=O)CC3CC3)C[C@H]2C(=O)NC2(C#N)CC2)n(CC(F)(F)F)n1. The number of anilines is 1. The molecule has 0 spiro atoms. The van der Waals surface area contributed by atoms with E-state index < -0.39 is 45.3 Å². The fraction of sp³-hybridized carbons (Fsp3) is 0.737. The summed E-state index contributed by atoms with van der Waals surface area (Å²) in [5, 5.41) is 15.0. The Hall–Kier alpha value is -2.29. The van der Waals surface area contributed by atoms with E-state index in [2.05, 4.69) is 10.4 Å². The lowest BCUT2D eigenvalue weighted by Gasteiger charge is -2.27. The number of halogens is 3. The van der Waals surface area contributed by atoms with E-state index in [4.69, 9.17) is 0 Å². The molecule has 31 heavy (non-hydrogen) atoms. The van der Waals surface area contributed by atoms with Crippen LogP contribution in [0.1, 0.15) is 37.8 Å². The number of rotatable bonds is 7. The first-order valence-corrected chi connectivity index (χ1v) is 12.0. The molecular weight excluding hydrogens is 435 g/mol. The van der Waals surface area contributed by atoms with E-state index in [1.54, 1.807) is 0 Å². The number of aryl methyl sites for hydroxylation is 1. The number of carbonyl (C=O) groups excluding carboxylic acids is 1. The molecule has 2 saturated carbocycles. The van der Waals surface area contributed by atoms with E-state index >= 15 is 0 Å². The lowest BCUT2D eigenvalue weighted by atomic mass is 10.1. The lowest BCUT2D eigenvalue weighted by Crippen LogP contribution is -2.48. The predicted molar refractivity (Wildman–Crippen MR) is 105 cm³/mol. The molecule has 1 aromatic rings. The topological polar surface area (TPSA) is 108 Å². The molecule has 2 heterocycles. The van der Waals surface area contributed by atoms with Crippen LogP contribution in [0.15, 0.2) is 6.07 Å². The molecule has 0 aromatic carbocycles. The normalized spacial score (nSPS) is 25.3. The molecule has 1 saturated heterocycles. The van der Waals surface area contributed by atoms with Gasteiger partial charge >= 0.3 is 6.18 Å². The van der Waals surface area contributed by atoms with Gasteiger partial charge < -0.3 is 10.2 Å². The molecule has 3 fully saturated rings. The number of nitriles is 1. The number of alkyl halides is 3. The Morgan fingerprint density at radius 3 is 2.61 bits per heavy atom. The molecule has 170 valence electrons. The summed E-state index contributed by atoms with van der Waals surface area (Å²) in [5.74, 6) is -0.331. The van der Waals surface area contributed by atoms with Gasteiger partial charge in [0.05, 0.1) is 22.8 Å². The third-order valence-corrected chi connectivity index (χ3v) is 8.36. The van der Waals surface area contributed by atoms with Gasteiger partial charge in [0, 0.05) is 12.6 Å². The van der Waals surface area contributed by atoms with Crippen molar-refractivity contribution in [2.45, 2.75) is 68.6 Å². The fourth-order valence-electron chi connectivity index (χ4n) is 4.07. The minimum absolute atomic E-state index is 0.0291. The van der Waals surface area contributed by atoms with E-state index in [0.29, 0.717) is 18.5 Å². The third kappa shape index (κ3) is 4.81. The van der Waals surface area contributed by atoms with Crippen molar-refractivity contribution in [3.8, 4) is 6.07 Å². The van der Waals surface area contributed by atoms with Crippen molar-refractivity contribution in [1.29, 1.82) is 5.26 Å². The molecule has 12 heteroatoms. The highest BCUT2D eigenvalue weighted by molar-refractivity contribution is 7.92. The van der Waals surface area contributed by atoms with Crippen LogP contribution in [-0.4, -0.2) is 59.4 Å². The maximum absolute atomic E-state index is 13.1. The molecule has 0 unspecified atom stereocenters. The van der Waals surface area contributed by atoms with Crippen LogP contribution in [0.3, 0.4) is 0 Å². The van der Waals surface area contributed by atoms with Crippen molar-refractivity contribution in [3.63, 3.8) is 0 Å². The molecular formula is C19H24F3N5O3S. The first-order valence-electron chi connectivity index (χ1n) is 10.2. The summed E-state index contributed by atoms with van der Waals surface area (Å²) in [7, 11) is -3.52. The number of carbonyl (C=O) groups is 1. The minimum atomic E-state index is -4.53. The number of sulfone groups is 1. The largest absolute Gasteiger partial charge is 0.408 e. The van der Waals surface area contributed by atoms with Crippen molar-refractivity contribution >= 4 is 21.6 Å². The zero-order chi connectivity index (χ0) is 22.6. The van der Waals surface area contributed by atoms with Gasteiger partial charge in [-0.3, -0.25) is 4.79 Å². The number of hydrogen-bond acceptors (Lipinski definition) is 6.